The molecular formula is C16H18N8OS. The second-order valence-electron chi connectivity index (χ2n) is 6.11. The molecule has 1 aromatic heterocycles. The van der Waals surface area contributed by atoms with E-state index in [0.29, 0.717) is 10.3 Å². The Bertz CT molecular complexity index is 908. The number of nitrogens with zero attached hydrogens (tertiary/aromatic N) is 6. The zero-order chi connectivity index (χ0) is 18.4. The van der Waals surface area contributed by atoms with Crippen LogP contribution in [0.3, 0.4) is 0 Å². The summed E-state index contributed by atoms with van der Waals surface area (Å²) in [6.07, 6.45) is -0.428. The highest BCUT2D eigenvalue weighted by atomic mass is 32.2. The normalized spacial score (nSPS) is 22.3. The molecule has 1 aromatic carbocycles. The number of carbonyl (C=O) groups excluding carboxylic acids is 1. The van der Waals surface area contributed by atoms with Gasteiger partial charge in [-0.1, -0.05) is 18.2 Å². The first-order valence-electron chi connectivity index (χ1n) is 8.06. The van der Waals surface area contributed by atoms with Gasteiger partial charge in [0.05, 0.1) is 0 Å². The van der Waals surface area contributed by atoms with Gasteiger partial charge in [0.15, 0.2) is 11.3 Å². The van der Waals surface area contributed by atoms with E-state index in [9.17, 15) is 4.79 Å². The van der Waals surface area contributed by atoms with E-state index in [-0.39, 0.29) is 17.9 Å². The van der Waals surface area contributed by atoms with E-state index in [4.69, 9.17) is 5.41 Å². The highest BCUT2D eigenvalue weighted by molar-refractivity contribution is 8.13. The van der Waals surface area contributed by atoms with Crippen LogP contribution in [0.4, 0.5) is 4.79 Å². The zero-order valence-corrected chi connectivity index (χ0v) is 15.4. The number of likely N-dealkylation sites (N-methyl/N-ethyl adjacent to an activating group) is 2. The maximum Gasteiger partial charge on any atom is 0.326 e. The molecule has 2 aliphatic rings. The number of hydrogen-bond donors (Lipinski definition) is 2. The molecule has 0 saturated carbocycles. The molecule has 10 heteroatoms. The SMILES string of the molecule is Cc1nnc(SC2=N[C@@H]3[C@H](N2)C(=N)N(C)C(=O)N3C)n1-c1ccccc1. The van der Waals surface area contributed by atoms with Crippen molar-refractivity contribution in [1.29, 1.82) is 5.41 Å². The first-order chi connectivity index (χ1) is 12.5. The number of hydrogen-bond acceptors (Lipinski definition) is 7. The van der Waals surface area contributed by atoms with Crippen LogP contribution < -0.4 is 5.32 Å². The third kappa shape index (κ3) is 2.53. The molecule has 3 heterocycles. The summed E-state index contributed by atoms with van der Waals surface area (Å²) < 4.78 is 1.95. The van der Waals surface area contributed by atoms with Crippen molar-refractivity contribution in [2.24, 2.45) is 4.99 Å². The number of carbonyl (C=O) groups is 1. The van der Waals surface area contributed by atoms with Crippen LogP contribution in [0.2, 0.25) is 0 Å². The third-order valence-electron chi connectivity index (χ3n) is 4.47. The molecule has 9 nitrogen and oxygen atoms in total. The summed E-state index contributed by atoms with van der Waals surface area (Å²) in [5.41, 5.74) is 0.966. The van der Waals surface area contributed by atoms with Crippen LogP contribution in [-0.4, -0.2) is 67.9 Å². The van der Waals surface area contributed by atoms with Crippen molar-refractivity contribution in [2.75, 3.05) is 14.1 Å². The first-order valence-corrected chi connectivity index (χ1v) is 8.87. The summed E-state index contributed by atoms with van der Waals surface area (Å²) in [7, 11) is 3.29. The van der Waals surface area contributed by atoms with Gasteiger partial charge in [0, 0.05) is 19.8 Å². The molecule has 0 spiro atoms. The van der Waals surface area contributed by atoms with Crippen molar-refractivity contribution >= 4 is 28.8 Å². The maximum absolute atomic E-state index is 12.2. The van der Waals surface area contributed by atoms with Gasteiger partial charge in [-0.3, -0.25) is 14.9 Å². The van der Waals surface area contributed by atoms with Gasteiger partial charge in [0.1, 0.15) is 17.7 Å². The van der Waals surface area contributed by atoms with E-state index in [1.807, 2.05) is 41.8 Å². The topological polar surface area (TPSA) is 102 Å². The van der Waals surface area contributed by atoms with Crippen LogP contribution in [0.15, 0.2) is 40.5 Å². The van der Waals surface area contributed by atoms with Gasteiger partial charge in [-0.15, -0.1) is 10.2 Å². The zero-order valence-electron chi connectivity index (χ0n) is 14.5. The van der Waals surface area contributed by atoms with Gasteiger partial charge in [-0.25, -0.2) is 9.79 Å². The molecule has 2 atom stereocenters. The molecule has 0 bridgehead atoms. The number of aliphatic imine (C=N–C) groups is 1. The number of aryl methyl sites for hydroxylation is 1. The molecule has 26 heavy (non-hydrogen) atoms. The molecular weight excluding hydrogens is 352 g/mol. The summed E-state index contributed by atoms with van der Waals surface area (Å²) in [6, 6.07) is 9.25. The number of rotatable bonds is 2. The fourth-order valence-corrected chi connectivity index (χ4v) is 3.98. The Morgan fingerprint density at radius 1 is 1.19 bits per heavy atom. The second-order valence-corrected chi connectivity index (χ2v) is 7.07. The minimum atomic E-state index is -0.428. The average molecular weight is 370 g/mol. The Labute approximate surface area is 154 Å². The molecule has 0 unspecified atom stereocenters. The molecule has 4 rings (SSSR count). The molecule has 134 valence electrons. The average Bonchev–Trinajstić information content (AvgIpc) is 3.23. The Morgan fingerprint density at radius 3 is 2.65 bits per heavy atom. The Hall–Kier alpha value is -2.88. The lowest BCUT2D eigenvalue weighted by molar-refractivity contribution is 0.158. The smallest absolute Gasteiger partial charge is 0.326 e. The summed E-state index contributed by atoms with van der Waals surface area (Å²) >= 11 is 1.34. The monoisotopic (exact) mass is 370 g/mol. The van der Waals surface area contributed by atoms with Gasteiger partial charge in [0.2, 0.25) is 5.16 Å². The predicted molar refractivity (Wildman–Crippen MR) is 98.7 cm³/mol. The van der Waals surface area contributed by atoms with Crippen LogP contribution in [0.1, 0.15) is 5.82 Å². The summed E-state index contributed by atoms with van der Waals surface area (Å²) in [5.74, 6) is 0.979. The molecule has 0 radical (unpaired) electrons. The van der Waals surface area contributed by atoms with Crippen molar-refractivity contribution in [2.45, 2.75) is 24.3 Å². The lowest BCUT2D eigenvalue weighted by Gasteiger charge is -2.38. The third-order valence-corrected chi connectivity index (χ3v) is 5.33. The second kappa shape index (κ2) is 6.13. The molecule has 2 aliphatic heterocycles. The van der Waals surface area contributed by atoms with E-state index in [2.05, 4.69) is 20.5 Å². The van der Waals surface area contributed by atoms with Gasteiger partial charge >= 0.3 is 6.03 Å². The molecule has 1 saturated heterocycles. The lowest BCUT2D eigenvalue weighted by atomic mass is 10.1. The van der Waals surface area contributed by atoms with E-state index in [1.54, 1.807) is 14.1 Å². The number of amidine groups is 2. The van der Waals surface area contributed by atoms with E-state index >= 15 is 0 Å². The van der Waals surface area contributed by atoms with E-state index in [0.717, 1.165) is 11.5 Å². The Morgan fingerprint density at radius 2 is 1.92 bits per heavy atom. The number of nitrogens with one attached hydrogen (secondary N) is 2. The van der Waals surface area contributed by atoms with Crippen molar-refractivity contribution in [1.82, 2.24) is 29.9 Å². The van der Waals surface area contributed by atoms with Crippen LogP contribution in [0, 0.1) is 12.3 Å². The lowest BCUT2D eigenvalue weighted by Crippen LogP contribution is -2.62. The van der Waals surface area contributed by atoms with E-state index in [1.165, 1.54) is 21.6 Å². The molecule has 2 N–H and O–H groups in total. The summed E-state index contributed by atoms with van der Waals surface area (Å²) in [4.78, 5) is 19.6. The molecule has 2 aromatic rings. The number of thioether (sulfide) groups is 1. The van der Waals surface area contributed by atoms with Crippen molar-refractivity contribution in [3.8, 4) is 5.69 Å². The fraction of sp³-hybridized carbons (Fsp3) is 0.312. The van der Waals surface area contributed by atoms with Crippen LogP contribution >= 0.6 is 11.8 Å². The minimum Gasteiger partial charge on any atom is -0.351 e. The predicted octanol–water partition coefficient (Wildman–Crippen LogP) is 1.30. The van der Waals surface area contributed by atoms with Gasteiger partial charge in [-0.05, 0) is 30.8 Å². The highest BCUT2D eigenvalue weighted by Crippen LogP contribution is 2.28. The standard InChI is InChI=1S/C16H18N8OS/c1-9-20-21-15(24(9)10-7-5-4-6-8-10)26-14-18-11-12(17)22(2)16(25)23(3)13(11)19-14/h4-8,11,13,17H,1-3H3,(H,18,19)/t11-,13+/m1/s1. The molecule has 2 amide bonds. The highest BCUT2D eigenvalue weighted by Gasteiger charge is 2.45. The fourth-order valence-electron chi connectivity index (χ4n) is 3.05. The van der Waals surface area contributed by atoms with E-state index < -0.39 is 6.17 Å². The first kappa shape index (κ1) is 16.6. The summed E-state index contributed by atoms with van der Waals surface area (Å²) in [5, 5.41) is 21.1. The number of fused-ring (bicyclic) bond motifs is 1. The van der Waals surface area contributed by atoms with Gasteiger partial charge in [-0.2, -0.15) is 0 Å². The van der Waals surface area contributed by atoms with Gasteiger partial charge in [0.25, 0.3) is 0 Å². The quantitative estimate of drug-likeness (QED) is 0.829. The minimum absolute atomic E-state index is 0.207. The molecule has 0 aliphatic carbocycles. The number of para-hydroxylation sites is 1. The van der Waals surface area contributed by atoms with Crippen molar-refractivity contribution in [3.05, 3.63) is 36.2 Å². The van der Waals surface area contributed by atoms with Crippen molar-refractivity contribution in [3.63, 3.8) is 0 Å². The summed E-state index contributed by atoms with van der Waals surface area (Å²) in [6.45, 7) is 1.89. The van der Waals surface area contributed by atoms with Crippen molar-refractivity contribution < 1.29 is 4.79 Å². The number of urea groups is 1. The molecule has 1 fully saturated rings. The Kier molecular flexibility index (Phi) is 3.91. The number of amides is 2. The van der Waals surface area contributed by atoms with Crippen LogP contribution in [0.5, 0.6) is 0 Å². The van der Waals surface area contributed by atoms with Crippen LogP contribution in [0.25, 0.3) is 5.69 Å². The largest absolute Gasteiger partial charge is 0.351 e. The number of benzene rings is 1. The Balaban J connectivity index is 1.62. The van der Waals surface area contributed by atoms with Crippen LogP contribution in [-0.2, 0) is 0 Å². The van der Waals surface area contributed by atoms with Gasteiger partial charge < -0.3 is 10.2 Å². The number of aromatic nitrogens is 3. The maximum atomic E-state index is 12.2.